The largest absolute Gasteiger partial charge is 0.466 e. The molecule has 9 heteroatoms. The summed E-state index contributed by atoms with van der Waals surface area (Å²) in [4.78, 5) is 41.9. The van der Waals surface area contributed by atoms with Crippen LogP contribution in [0.5, 0.6) is 0 Å². The molecule has 1 aromatic rings. The van der Waals surface area contributed by atoms with Gasteiger partial charge >= 0.3 is 5.97 Å². The number of aliphatic hydroxyl groups excluding tert-OH is 1. The highest BCUT2D eigenvalue weighted by Crippen LogP contribution is 2.60. The molecule has 1 aromatic carbocycles. The number of ether oxygens (including phenoxy) is 2. The van der Waals surface area contributed by atoms with E-state index in [4.69, 9.17) is 14.6 Å². The van der Waals surface area contributed by atoms with Crippen LogP contribution in [0, 0.1) is 25.7 Å². The smallest absolute Gasteiger partial charge is 0.312 e. The Kier molecular flexibility index (Phi) is 7.36. The van der Waals surface area contributed by atoms with Crippen molar-refractivity contribution in [2.75, 3.05) is 25.1 Å². The lowest BCUT2D eigenvalue weighted by Crippen LogP contribution is -2.54. The molecule has 3 fully saturated rings. The van der Waals surface area contributed by atoms with Crippen LogP contribution in [0.2, 0.25) is 0 Å². The molecule has 0 radical (unpaired) electrons. The summed E-state index contributed by atoms with van der Waals surface area (Å²) in [6, 6.07) is 4.98. The number of esters is 1. The van der Waals surface area contributed by atoms with E-state index in [1.54, 1.807) is 11.8 Å². The molecule has 34 heavy (non-hydrogen) atoms. The molecule has 6 atom stereocenters. The number of carbonyl (C=O) groups is 3. The van der Waals surface area contributed by atoms with Crippen LogP contribution in [0.25, 0.3) is 0 Å². The number of nitrogens with one attached hydrogen (secondary N) is 1. The van der Waals surface area contributed by atoms with Gasteiger partial charge in [0.15, 0.2) is 0 Å². The van der Waals surface area contributed by atoms with Gasteiger partial charge in [-0.15, -0.1) is 0 Å². The molecular weight excluding hydrogens is 504 g/mol. The normalized spacial score (nSPS) is 31.6. The number of carbonyl (C=O) groups excluding carboxylic acids is 3. The van der Waals surface area contributed by atoms with Crippen LogP contribution in [0.15, 0.2) is 18.2 Å². The Hall–Kier alpha value is -1.97. The van der Waals surface area contributed by atoms with E-state index < -0.39 is 35.6 Å². The molecule has 186 valence electrons. The lowest BCUT2D eigenvalue weighted by atomic mass is 9.70. The van der Waals surface area contributed by atoms with Gasteiger partial charge in [0.25, 0.3) is 0 Å². The molecule has 3 saturated heterocycles. The average molecular weight is 537 g/mol. The zero-order valence-corrected chi connectivity index (χ0v) is 21.5. The molecule has 4 rings (SSSR count). The number of aliphatic hydroxyl groups is 1. The lowest BCUT2D eigenvalue weighted by Gasteiger charge is -2.34. The third-order valence-corrected chi connectivity index (χ3v) is 8.15. The van der Waals surface area contributed by atoms with Gasteiger partial charge in [-0.25, -0.2) is 0 Å². The SMILES string of the molecule is CCOC(=O)[C@@H]1[C@H]2O[C@@]3(CC2Br)[C@H](C(=O)Nc2cc(C)ccc2C)N(CCCCCO)C(=O)[C@@H]13. The number of unbranched alkanes of at least 4 members (excludes halogenated alkanes) is 2. The van der Waals surface area contributed by atoms with Crippen molar-refractivity contribution in [2.24, 2.45) is 11.8 Å². The molecule has 2 N–H and O–H groups in total. The van der Waals surface area contributed by atoms with E-state index in [-0.39, 0.29) is 29.9 Å². The maximum absolute atomic E-state index is 13.8. The molecular formula is C25H33BrN2O6. The number of alkyl halides is 1. The van der Waals surface area contributed by atoms with Gasteiger partial charge in [-0.3, -0.25) is 14.4 Å². The van der Waals surface area contributed by atoms with Crippen molar-refractivity contribution in [1.82, 2.24) is 4.90 Å². The molecule has 3 heterocycles. The molecule has 0 aromatic heterocycles. The summed E-state index contributed by atoms with van der Waals surface area (Å²) in [6.45, 7) is 6.27. The van der Waals surface area contributed by atoms with Crippen LogP contribution < -0.4 is 5.32 Å². The maximum atomic E-state index is 13.8. The Morgan fingerprint density at radius 1 is 1.29 bits per heavy atom. The van der Waals surface area contributed by atoms with Crippen LogP contribution in [-0.2, 0) is 23.9 Å². The molecule has 2 amide bonds. The zero-order valence-electron chi connectivity index (χ0n) is 19.9. The topological polar surface area (TPSA) is 105 Å². The van der Waals surface area contributed by atoms with Crippen LogP contribution in [0.1, 0.15) is 43.7 Å². The molecule has 0 saturated carbocycles. The first-order valence-electron chi connectivity index (χ1n) is 12.0. The highest BCUT2D eigenvalue weighted by molar-refractivity contribution is 9.09. The van der Waals surface area contributed by atoms with Gasteiger partial charge in [-0.1, -0.05) is 28.1 Å². The fraction of sp³-hybridized carbons (Fsp3) is 0.640. The van der Waals surface area contributed by atoms with Gasteiger partial charge in [0, 0.05) is 23.7 Å². The summed E-state index contributed by atoms with van der Waals surface area (Å²) in [6.07, 6.45) is 1.95. The molecule has 1 spiro atoms. The molecule has 8 nitrogen and oxygen atoms in total. The minimum atomic E-state index is -1.09. The second-order valence-electron chi connectivity index (χ2n) is 9.54. The average Bonchev–Trinajstić information content (AvgIpc) is 3.37. The van der Waals surface area contributed by atoms with Crippen molar-refractivity contribution in [3.8, 4) is 0 Å². The third kappa shape index (κ3) is 4.16. The number of hydrogen-bond donors (Lipinski definition) is 2. The third-order valence-electron chi connectivity index (χ3n) is 7.30. The minimum Gasteiger partial charge on any atom is -0.466 e. The summed E-state index contributed by atoms with van der Waals surface area (Å²) in [7, 11) is 0. The molecule has 0 aliphatic carbocycles. The van der Waals surface area contributed by atoms with Crippen molar-refractivity contribution in [3.63, 3.8) is 0 Å². The van der Waals surface area contributed by atoms with E-state index >= 15 is 0 Å². The molecule has 1 unspecified atom stereocenters. The summed E-state index contributed by atoms with van der Waals surface area (Å²) >= 11 is 3.64. The fourth-order valence-electron chi connectivity index (χ4n) is 5.82. The first kappa shape index (κ1) is 25.1. The van der Waals surface area contributed by atoms with E-state index in [1.165, 1.54) is 0 Å². The Balaban J connectivity index is 1.69. The van der Waals surface area contributed by atoms with Crippen molar-refractivity contribution in [3.05, 3.63) is 29.3 Å². The molecule has 2 bridgehead atoms. The summed E-state index contributed by atoms with van der Waals surface area (Å²) in [5, 5.41) is 12.2. The van der Waals surface area contributed by atoms with Crippen molar-refractivity contribution in [1.29, 1.82) is 0 Å². The highest BCUT2D eigenvalue weighted by atomic mass is 79.9. The number of amides is 2. The number of fused-ring (bicyclic) bond motifs is 1. The van der Waals surface area contributed by atoms with Crippen molar-refractivity contribution < 1.29 is 29.0 Å². The number of hydrogen-bond acceptors (Lipinski definition) is 6. The monoisotopic (exact) mass is 536 g/mol. The van der Waals surface area contributed by atoms with Gasteiger partial charge in [0.2, 0.25) is 11.8 Å². The number of likely N-dealkylation sites (tertiary alicyclic amines) is 1. The first-order chi connectivity index (χ1) is 16.2. The predicted molar refractivity (Wildman–Crippen MR) is 130 cm³/mol. The Labute approximate surface area is 208 Å². The number of halogens is 1. The van der Waals surface area contributed by atoms with E-state index in [9.17, 15) is 14.4 Å². The first-order valence-corrected chi connectivity index (χ1v) is 12.9. The number of anilines is 1. The van der Waals surface area contributed by atoms with E-state index in [0.717, 1.165) is 17.5 Å². The Morgan fingerprint density at radius 3 is 2.76 bits per heavy atom. The number of aryl methyl sites for hydroxylation is 2. The van der Waals surface area contributed by atoms with E-state index in [0.29, 0.717) is 31.5 Å². The van der Waals surface area contributed by atoms with Crippen LogP contribution in [-0.4, -0.2) is 70.1 Å². The number of benzene rings is 1. The molecule has 3 aliphatic rings. The van der Waals surface area contributed by atoms with E-state index in [1.807, 2.05) is 32.0 Å². The van der Waals surface area contributed by atoms with Crippen molar-refractivity contribution in [2.45, 2.75) is 69.0 Å². The van der Waals surface area contributed by atoms with Gasteiger partial charge in [-0.05, 0) is 63.6 Å². The predicted octanol–water partition coefficient (Wildman–Crippen LogP) is 2.72. The quantitative estimate of drug-likeness (QED) is 0.285. The minimum absolute atomic E-state index is 0.0814. The van der Waals surface area contributed by atoms with E-state index in [2.05, 4.69) is 21.2 Å². The van der Waals surface area contributed by atoms with Crippen LogP contribution in [0.3, 0.4) is 0 Å². The highest BCUT2D eigenvalue weighted by Gasteiger charge is 2.76. The lowest BCUT2D eigenvalue weighted by molar-refractivity contribution is -0.154. The molecule has 3 aliphatic heterocycles. The second-order valence-corrected chi connectivity index (χ2v) is 10.7. The Bertz CT molecular complexity index is 971. The Morgan fingerprint density at radius 2 is 2.06 bits per heavy atom. The van der Waals surface area contributed by atoms with Crippen molar-refractivity contribution >= 4 is 39.4 Å². The standard InChI is InChI=1S/C25H33BrN2O6/c1-4-33-24(32)18-19-23(31)28(10-6-5-7-11-29)21(25(19)13-16(26)20(18)34-25)22(30)27-17-12-14(2)8-9-15(17)3/h8-9,12,16,18-21,29H,4-7,10-11,13H2,1-3H3,(H,27,30)/t16?,18-,19+,20-,21-,25+/m0/s1. The van der Waals surface area contributed by atoms with Gasteiger partial charge in [0.05, 0.1) is 24.5 Å². The second kappa shape index (κ2) is 9.95. The summed E-state index contributed by atoms with van der Waals surface area (Å²) in [5.74, 6) is -2.49. The maximum Gasteiger partial charge on any atom is 0.312 e. The zero-order chi connectivity index (χ0) is 24.6. The summed E-state index contributed by atoms with van der Waals surface area (Å²) in [5.41, 5.74) is 1.54. The number of rotatable bonds is 9. The van der Waals surface area contributed by atoms with Gasteiger partial charge < -0.3 is 24.8 Å². The fourth-order valence-corrected chi connectivity index (χ4v) is 6.76. The van der Waals surface area contributed by atoms with Gasteiger partial charge in [0.1, 0.15) is 11.6 Å². The number of nitrogens with zero attached hydrogens (tertiary/aromatic N) is 1. The summed E-state index contributed by atoms with van der Waals surface area (Å²) < 4.78 is 11.7. The van der Waals surface area contributed by atoms with Crippen LogP contribution >= 0.6 is 15.9 Å². The van der Waals surface area contributed by atoms with Crippen LogP contribution in [0.4, 0.5) is 5.69 Å². The van der Waals surface area contributed by atoms with Gasteiger partial charge in [-0.2, -0.15) is 0 Å².